The van der Waals surface area contributed by atoms with Crippen molar-refractivity contribution < 1.29 is 14.1 Å². The topological polar surface area (TPSA) is 111 Å². The van der Waals surface area contributed by atoms with Crippen LogP contribution in [-0.4, -0.2) is 15.8 Å². The summed E-state index contributed by atoms with van der Waals surface area (Å²) in [6.07, 6.45) is 2.97. The minimum absolute atomic E-state index is 0.417. The van der Waals surface area contributed by atoms with Crippen molar-refractivity contribution in [1.29, 1.82) is 0 Å². The lowest BCUT2D eigenvalue weighted by atomic mass is 10.1. The molecule has 0 bridgehead atoms. The van der Waals surface area contributed by atoms with Crippen molar-refractivity contribution >= 4 is 23.0 Å². The molecule has 0 atom stereocenters. The van der Waals surface area contributed by atoms with Crippen LogP contribution < -0.4 is 11.1 Å². The lowest BCUT2D eigenvalue weighted by Gasteiger charge is -2.10. The fraction of sp³-hybridized carbons (Fsp3) is 0.0769. The number of anilines is 2. The summed E-state index contributed by atoms with van der Waals surface area (Å²) in [6.45, 7) is 1.70. The molecular formula is C13H11FN4O3. The number of nitro groups is 1. The molecular weight excluding hydrogens is 279 g/mol. The average Bonchev–Trinajstić information content (AvgIpc) is 2.41. The predicted octanol–water partition coefficient (Wildman–Crippen LogP) is 2.27. The van der Waals surface area contributed by atoms with Crippen LogP contribution in [0, 0.1) is 22.9 Å². The molecule has 0 saturated heterocycles. The highest BCUT2D eigenvalue weighted by atomic mass is 19.1. The first kappa shape index (κ1) is 14.4. The highest BCUT2D eigenvalue weighted by molar-refractivity contribution is 6.09. The van der Waals surface area contributed by atoms with Crippen LogP contribution in [0.2, 0.25) is 0 Å². The Labute approximate surface area is 118 Å². The number of nitrogens with two attached hydrogens (primary N) is 1. The molecule has 0 aliphatic carbocycles. The summed E-state index contributed by atoms with van der Waals surface area (Å²) in [5.74, 6) is -1.79. The van der Waals surface area contributed by atoms with E-state index in [0.717, 1.165) is 12.1 Å². The van der Waals surface area contributed by atoms with Crippen LogP contribution in [0.4, 0.5) is 21.5 Å². The molecule has 0 aliphatic rings. The van der Waals surface area contributed by atoms with Gasteiger partial charge in [0.15, 0.2) is 0 Å². The number of amides is 1. The SMILES string of the molecule is Cc1cnccc1NC(=O)c1c(F)ccc([N+](=O)[O-])c1N. The quantitative estimate of drug-likeness (QED) is 0.511. The molecule has 1 aromatic carbocycles. The van der Waals surface area contributed by atoms with Crippen molar-refractivity contribution in [3.8, 4) is 0 Å². The first-order chi connectivity index (χ1) is 9.91. The van der Waals surface area contributed by atoms with Gasteiger partial charge in [-0.2, -0.15) is 0 Å². The van der Waals surface area contributed by atoms with Crippen molar-refractivity contribution in [2.24, 2.45) is 0 Å². The molecule has 0 spiro atoms. The van der Waals surface area contributed by atoms with Crippen molar-refractivity contribution in [3.05, 3.63) is 57.7 Å². The Morgan fingerprint density at radius 2 is 2.14 bits per heavy atom. The Morgan fingerprint density at radius 3 is 2.76 bits per heavy atom. The van der Waals surface area contributed by atoms with Gasteiger partial charge in [0.2, 0.25) is 0 Å². The number of benzene rings is 1. The first-order valence-electron chi connectivity index (χ1n) is 5.86. The third kappa shape index (κ3) is 2.78. The van der Waals surface area contributed by atoms with Crippen LogP contribution in [0.1, 0.15) is 15.9 Å². The number of aromatic nitrogens is 1. The molecule has 3 N–H and O–H groups in total. The molecule has 0 saturated carbocycles. The third-order valence-corrected chi connectivity index (χ3v) is 2.86. The molecule has 0 fully saturated rings. The Kier molecular flexibility index (Phi) is 3.79. The number of pyridine rings is 1. The molecule has 1 aromatic heterocycles. The van der Waals surface area contributed by atoms with Crippen LogP contribution in [0.15, 0.2) is 30.6 Å². The van der Waals surface area contributed by atoms with Gasteiger partial charge in [0, 0.05) is 24.1 Å². The Morgan fingerprint density at radius 1 is 1.43 bits per heavy atom. The number of carbonyl (C=O) groups is 1. The Hall–Kier alpha value is -3.03. The molecule has 2 rings (SSSR count). The maximum Gasteiger partial charge on any atom is 0.293 e. The smallest absolute Gasteiger partial charge is 0.293 e. The second-order valence-corrected chi connectivity index (χ2v) is 4.26. The molecule has 21 heavy (non-hydrogen) atoms. The first-order valence-corrected chi connectivity index (χ1v) is 5.86. The monoisotopic (exact) mass is 290 g/mol. The van der Waals surface area contributed by atoms with Gasteiger partial charge in [0.25, 0.3) is 11.6 Å². The molecule has 0 radical (unpaired) electrons. The fourth-order valence-corrected chi connectivity index (χ4v) is 1.77. The van der Waals surface area contributed by atoms with E-state index in [4.69, 9.17) is 5.73 Å². The molecule has 1 amide bonds. The van der Waals surface area contributed by atoms with E-state index in [1.165, 1.54) is 18.5 Å². The highest BCUT2D eigenvalue weighted by Crippen LogP contribution is 2.28. The van der Waals surface area contributed by atoms with Gasteiger partial charge in [-0.25, -0.2) is 4.39 Å². The lowest BCUT2D eigenvalue weighted by molar-refractivity contribution is -0.384. The molecule has 108 valence electrons. The highest BCUT2D eigenvalue weighted by Gasteiger charge is 2.24. The average molecular weight is 290 g/mol. The normalized spacial score (nSPS) is 10.2. The second kappa shape index (κ2) is 5.53. The number of nitrogens with zero attached hydrogens (tertiary/aromatic N) is 2. The van der Waals surface area contributed by atoms with Gasteiger partial charge in [0.05, 0.1) is 4.92 Å². The molecule has 2 aromatic rings. The number of carbonyl (C=O) groups excluding carboxylic acids is 1. The number of hydrogen-bond acceptors (Lipinski definition) is 5. The van der Waals surface area contributed by atoms with Gasteiger partial charge < -0.3 is 11.1 Å². The van der Waals surface area contributed by atoms with Gasteiger partial charge >= 0.3 is 0 Å². The van der Waals surface area contributed by atoms with E-state index < -0.39 is 33.6 Å². The predicted molar refractivity (Wildman–Crippen MR) is 74.4 cm³/mol. The van der Waals surface area contributed by atoms with Crippen LogP contribution in [0.25, 0.3) is 0 Å². The number of nitrogen functional groups attached to an aromatic ring is 1. The summed E-state index contributed by atoms with van der Waals surface area (Å²) >= 11 is 0. The zero-order valence-corrected chi connectivity index (χ0v) is 11.0. The third-order valence-electron chi connectivity index (χ3n) is 2.86. The Bertz CT molecular complexity index is 733. The van der Waals surface area contributed by atoms with E-state index in [9.17, 15) is 19.3 Å². The van der Waals surface area contributed by atoms with E-state index in [0.29, 0.717) is 11.3 Å². The van der Waals surface area contributed by atoms with E-state index in [2.05, 4.69) is 10.3 Å². The summed E-state index contributed by atoms with van der Waals surface area (Å²) < 4.78 is 13.8. The van der Waals surface area contributed by atoms with Crippen molar-refractivity contribution in [1.82, 2.24) is 4.98 Å². The van der Waals surface area contributed by atoms with Crippen LogP contribution in [0.3, 0.4) is 0 Å². The summed E-state index contributed by atoms with van der Waals surface area (Å²) in [5.41, 5.74) is 5.02. The van der Waals surface area contributed by atoms with Crippen LogP contribution in [-0.2, 0) is 0 Å². The molecule has 0 unspecified atom stereocenters. The number of aryl methyl sites for hydroxylation is 1. The van der Waals surface area contributed by atoms with Crippen molar-refractivity contribution in [2.75, 3.05) is 11.1 Å². The molecule has 0 aliphatic heterocycles. The van der Waals surface area contributed by atoms with E-state index in [1.807, 2.05) is 0 Å². The van der Waals surface area contributed by atoms with Crippen LogP contribution >= 0.6 is 0 Å². The number of hydrogen-bond donors (Lipinski definition) is 2. The van der Waals surface area contributed by atoms with Crippen molar-refractivity contribution in [3.63, 3.8) is 0 Å². The number of halogens is 1. The van der Waals surface area contributed by atoms with E-state index >= 15 is 0 Å². The maximum atomic E-state index is 13.8. The van der Waals surface area contributed by atoms with Gasteiger partial charge in [-0.1, -0.05) is 0 Å². The standard InChI is InChI=1S/C13H11FN4O3/c1-7-6-16-5-4-9(7)17-13(19)11-8(14)2-3-10(12(11)15)18(20)21/h2-6H,15H2,1H3,(H,16,17,19). The Balaban J connectivity index is 2.42. The minimum atomic E-state index is -0.928. The summed E-state index contributed by atoms with van der Waals surface area (Å²) in [6, 6.07) is 3.28. The van der Waals surface area contributed by atoms with Gasteiger partial charge in [-0.05, 0) is 24.6 Å². The van der Waals surface area contributed by atoms with Gasteiger partial charge in [-0.3, -0.25) is 19.9 Å². The van der Waals surface area contributed by atoms with E-state index in [-0.39, 0.29) is 0 Å². The minimum Gasteiger partial charge on any atom is -0.392 e. The number of nitrogens with one attached hydrogen (secondary N) is 1. The molecule has 1 heterocycles. The zero-order valence-electron chi connectivity index (χ0n) is 11.0. The van der Waals surface area contributed by atoms with Gasteiger partial charge in [-0.15, -0.1) is 0 Å². The second-order valence-electron chi connectivity index (χ2n) is 4.26. The van der Waals surface area contributed by atoms with E-state index in [1.54, 1.807) is 6.92 Å². The van der Waals surface area contributed by atoms with Crippen molar-refractivity contribution in [2.45, 2.75) is 6.92 Å². The number of nitro benzene ring substituents is 1. The molecule has 8 heteroatoms. The summed E-state index contributed by atoms with van der Waals surface area (Å²) in [5, 5.41) is 13.2. The number of rotatable bonds is 3. The summed E-state index contributed by atoms with van der Waals surface area (Å²) in [4.78, 5) is 26.0. The largest absolute Gasteiger partial charge is 0.392 e. The maximum absolute atomic E-state index is 13.8. The zero-order chi connectivity index (χ0) is 15.6. The summed E-state index contributed by atoms with van der Waals surface area (Å²) in [7, 11) is 0. The van der Waals surface area contributed by atoms with Gasteiger partial charge in [0.1, 0.15) is 17.1 Å². The molecule has 7 nitrogen and oxygen atoms in total. The fourth-order valence-electron chi connectivity index (χ4n) is 1.77. The van der Waals surface area contributed by atoms with Crippen LogP contribution in [0.5, 0.6) is 0 Å². The lowest BCUT2D eigenvalue weighted by Crippen LogP contribution is -2.17.